The molecule has 1 aliphatic heterocycles. The molecule has 0 saturated carbocycles. The number of benzene rings is 4. The molecule has 0 radical (unpaired) electrons. The molecule has 0 N–H and O–H groups in total. The van der Waals surface area contributed by atoms with Crippen molar-refractivity contribution in [3.63, 3.8) is 0 Å². The van der Waals surface area contributed by atoms with Gasteiger partial charge >= 0.3 is 0 Å². The molecule has 0 unspecified atom stereocenters. The molecule has 4 heteroatoms. The number of rotatable bonds is 5. The molecule has 1 aromatic heterocycles. The molecule has 3 nitrogen and oxygen atoms in total. The maximum Gasteiger partial charge on any atom is 0.263 e. The van der Waals surface area contributed by atoms with Crippen molar-refractivity contribution in [2.45, 2.75) is 33.7 Å². The highest BCUT2D eigenvalue weighted by Gasteiger charge is 2.26. The molecule has 0 spiro atoms. The highest BCUT2D eigenvalue weighted by Crippen LogP contribution is 2.42. The van der Waals surface area contributed by atoms with Crippen LogP contribution in [0.4, 0.5) is 5.69 Å². The Morgan fingerprint density at radius 3 is 2.40 bits per heavy atom. The number of aryl methyl sites for hydroxylation is 1. The van der Waals surface area contributed by atoms with Gasteiger partial charge < -0.3 is 9.64 Å². The zero-order valence-corrected chi connectivity index (χ0v) is 21.2. The molecule has 0 amide bonds. The van der Waals surface area contributed by atoms with Crippen LogP contribution in [0.5, 0.6) is 5.75 Å². The molecular formula is C31H29N2OS+. The first kappa shape index (κ1) is 21.9. The predicted octanol–water partition coefficient (Wildman–Crippen LogP) is 8.07. The van der Waals surface area contributed by atoms with Gasteiger partial charge in [-0.3, -0.25) is 0 Å². The molecule has 35 heavy (non-hydrogen) atoms. The van der Waals surface area contributed by atoms with E-state index in [1.54, 1.807) is 0 Å². The van der Waals surface area contributed by atoms with E-state index >= 15 is 0 Å². The second-order valence-corrected chi connectivity index (χ2v) is 9.92. The second-order valence-electron chi connectivity index (χ2n) is 8.89. The number of anilines is 1. The summed E-state index contributed by atoms with van der Waals surface area (Å²) < 4.78 is 10.2. The normalized spacial score (nSPS) is 14.9. The topological polar surface area (TPSA) is 16.4 Å². The van der Waals surface area contributed by atoms with Gasteiger partial charge in [-0.2, -0.15) is 4.57 Å². The van der Waals surface area contributed by atoms with Crippen LogP contribution in [0.3, 0.4) is 0 Å². The molecule has 6 rings (SSSR count). The zero-order chi connectivity index (χ0) is 23.9. The summed E-state index contributed by atoms with van der Waals surface area (Å²) in [5, 5.41) is 6.34. The highest BCUT2D eigenvalue weighted by molar-refractivity contribution is 7.19. The van der Waals surface area contributed by atoms with Crippen molar-refractivity contribution in [3.05, 3.63) is 95.3 Å². The average molecular weight is 478 g/mol. The van der Waals surface area contributed by atoms with Crippen molar-refractivity contribution in [1.29, 1.82) is 0 Å². The van der Waals surface area contributed by atoms with Gasteiger partial charge in [0, 0.05) is 30.1 Å². The first-order valence-electron chi connectivity index (χ1n) is 12.4. The highest BCUT2D eigenvalue weighted by atomic mass is 32.1. The van der Waals surface area contributed by atoms with Crippen molar-refractivity contribution in [2.75, 3.05) is 11.4 Å². The smallest absolute Gasteiger partial charge is 0.263 e. The molecule has 0 fully saturated rings. The summed E-state index contributed by atoms with van der Waals surface area (Å²) in [6.45, 7) is 8.42. The van der Waals surface area contributed by atoms with Crippen LogP contribution < -0.4 is 14.2 Å². The summed E-state index contributed by atoms with van der Waals surface area (Å²) in [7, 11) is 0. The lowest BCUT2D eigenvalue weighted by molar-refractivity contribution is -0.665. The Bertz CT molecular complexity index is 1640. The van der Waals surface area contributed by atoms with Gasteiger partial charge in [0.2, 0.25) is 11.4 Å². The van der Waals surface area contributed by atoms with Crippen LogP contribution >= 0.6 is 11.3 Å². The van der Waals surface area contributed by atoms with Gasteiger partial charge in [-0.15, -0.1) is 0 Å². The minimum absolute atomic E-state index is 0.859. The third-order valence-corrected chi connectivity index (χ3v) is 8.06. The molecule has 2 heterocycles. The SMILES string of the molecule is CCC(=Cc1sc2c3ccccc3ccc2[n+]1CC)C=C1Oc2cc3ccccc3cc2N1CC. The molecule has 1 aliphatic rings. The lowest BCUT2D eigenvalue weighted by Crippen LogP contribution is -2.33. The Balaban J connectivity index is 1.44. The summed E-state index contributed by atoms with van der Waals surface area (Å²) in [6.07, 6.45) is 5.49. The standard InChI is InChI=1S/C31H29N2OS/c1-4-21(17-29-32(5-2)27-19-23-12-7-8-13-24(23)20-28(27)34-29)18-30-33(6-3)26-16-15-22-11-9-10-14-25(22)31(26)35-30/h7-20H,4-6H2,1-3H3/q+1. The van der Waals surface area contributed by atoms with Gasteiger partial charge in [0.25, 0.3) is 5.01 Å². The fraction of sp³-hybridized carbons (Fsp3) is 0.194. The Hall–Kier alpha value is -3.63. The minimum Gasteiger partial charge on any atom is -0.439 e. The first-order valence-corrected chi connectivity index (χ1v) is 13.3. The van der Waals surface area contributed by atoms with Gasteiger partial charge in [0.15, 0.2) is 5.75 Å². The Kier molecular flexibility index (Phi) is 5.54. The average Bonchev–Trinajstić information content (AvgIpc) is 3.43. The van der Waals surface area contributed by atoms with E-state index in [0.29, 0.717) is 0 Å². The van der Waals surface area contributed by atoms with Crippen LogP contribution in [0.2, 0.25) is 0 Å². The van der Waals surface area contributed by atoms with E-state index in [1.807, 2.05) is 11.3 Å². The number of hydrogen-bond acceptors (Lipinski definition) is 3. The Morgan fingerprint density at radius 2 is 1.66 bits per heavy atom. The van der Waals surface area contributed by atoms with E-state index in [9.17, 15) is 0 Å². The summed E-state index contributed by atoms with van der Waals surface area (Å²) in [6, 6.07) is 26.0. The summed E-state index contributed by atoms with van der Waals surface area (Å²) in [5.74, 6) is 1.84. The van der Waals surface area contributed by atoms with E-state index in [1.165, 1.54) is 42.3 Å². The van der Waals surface area contributed by atoms with Crippen molar-refractivity contribution < 1.29 is 9.30 Å². The van der Waals surface area contributed by atoms with Gasteiger partial charge in [0.1, 0.15) is 11.2 Å². The van der Waals surface area contributed by atoms with Crippen LogP contribution in [-0.4, -0.2) is 6.54 Å². The summed E-state index contributed by atoms with van der Waals surface area (Å²) in [4.78, 5) is 2.28. The number of aromatic nitrogens is 1. The van der Waals surface area contributed by atoms with Crippen LogP contribution in [0.15, 0.2) is 90.3 Å². The number of hydrogen-bond donors (Lipinski definition) is 0. The van der Waals surface area contributed by atoms with E-state index in [0.717, 1.165) is 36.8 Å². The molecule has 0 atom stereocenters. The fourth-order valence-electron chi connectivity index (χ4n) is 5.05. The summed E-state index contributed by atoms with van der Waals surface area (Å²) in [5.41, 5.74) is 3.70. The van der Waals surface area contributed by atoms with Crippen molar-refractivity contribution in [3.8, 4) is 5.75 Å². The predicted molar refractivity (Wildman–Crippen MR) is 149 cm³/mol. The third kappa shape index (κ3) is 3.69. The maximum absolute atomic E-state index is 6.40. The molecule has 0 saturated heterocycles. The van der Waals surface area contributed by atoms with Crippen LogP contribution in [0.25, 0.3) is 37.8 Å². The lowest BCUT2D eigenvalue weighted by Gasteiger charge is -2.16. The molecule has 4 aromatic carbocycles. The van der Waals surface area contributed by atoms with Crippen molar-refractivity contribution in [1.82, 2.24) is 0 Å². The van der Waals surface area contributed by atoms with Crippen LogP contribution in [0, 0.1) is 0 Å². The lowest BCUT2D eigenvalue weighted by atomic mass is 10.1. The number of ether oxygens (including phenoxy) is 1. The number of nitrogens with zero attached hydrogens (tertiary/aromatic N) is 2. The minimum atomic E-state index is 0.859. The molecule has 0 bridgehead atoms. The molecule has 174 valence electrons. The van der Waals surface area contributed by atoms with Gasteiger partial charge in [-0.1, -0.05) is 66.8 Å². The molecular weight excluding hydrogens is 448 g/mol. The van der Waals surface area contributed by atoms with Crippen LogP contribution in [0.1, 0.15) is 32.2 Å². The van der Waals surface area contributed by atoms with Gasteiger partial charge in [-0.05, 0) is 60.2 Å². The van der Waals surface area contributed by atoms with Gasteiger partial charge in [0.05, 0.1) is 5.69 Å². The quantitative estimate of drug-likeness (QED) is 0.238. The van der Waals surface area contributed by atoms with Crippen molar-refractivity contribution >= 4 is 54.9 Å². The summed E-state index contributed by atoms with van der Waals surface area (Å²) >= 11 is 1.88. The number of allylic oxidation sites excluding steroid dienone is 2. The molecule has 0 aliphatic carbocycles. The second kappa shape index (κ2) is 8.86. The molecule has 5 aromatic rings. The number of thiazole rings is 1. The Labute approximate surface area is 210 Å². The monoisotopic (exact) mass is 477 g/mol. The van der Waals surface area contributed by atoms with Crippen LogP contribution in [-0.2, 0) is 6.54 Å². The zero-order valence-electron chi connectivity index (χ0n) is 20.4. The number of fused-ring (bicyclic) bond motifs is 5. The van der Waals surface area contributed by atoms with E-state index < -0.39 is 0 Å². The first-order chi connectivity index (χ1) is 17.2. The third-order valence-electron chi connectivity index (χ3n) is 6.88. The Morgan fingerprint density at radius 1 is 0.914 bits per heavy atom. The van der Waals surface area contributed by atoms with Gasteiger partial charge in [-0.25, -0.2) is 0 Å². The van der Waals surface area contributed by atoms with Crippen molar-refractivity contribution in [2.24, 2.45) is 0 Å². The largest absolute Gasteiger partial charge is 0.439 e. The maximum atomic E-state index is 6.40. The fourth-order valence-corrected chi connectivity index (χ4v) is 6.38. The van der Waals surface area contributed by atoms with E-state index in [2.05, 4.69) is 115 Å². The van der Waals surface area contributed by atoms with E-state index in [4.69, 9.17) is 4.74 Å². The van der Waals surface area contributed by atoms with E-state index in [-0.39, 0.29) is 0 Å².